The van der Waals surface area contributed by atoms with Crippen LogP contribution < -0.4 is 14.8 Å². The van der Waals surface area contributed by atoms with Crippen LogP contribution in [-0.4, -0.2) is 19.6 Å². The van der Waals surface area contributed by atoms with E-state index in [0.717, 1.165) is 28.9 Å². The molecule has 1 N–H and O–H groups in total. The van der Waals surface area contributed by atoms with E-state index >= 15 is 0 Å². The minimum atomic E-state index is -0.136. The summed E-state index contributed by atoms with van der Waals surface area (Å²) in [4.78, 5) is 12.3. The second-order valence-electron chi connectivity index (χ2n) is 7.18. The fourth-order valence-corrected chi connectivity index (χ4v) is 3.14. The first-order chi connectivity index (χ1) is 12.8. The van der Waals surface area contributed by atoms with Crippen molar-refractivity contribution in [2.24, 2.45) is 0 Å². The van der Waals surface area contributed by atoms with Gasteiger partial charge in [0.1, 0.15) is 11.5 Å². The highest BCUT2D eigenvalue weighted by atomic mass is 16.5. The molecule has 0 radical (unpaired) electrons. The van der Waals surface area contributed by atoms with Crippen LogP contribution in [0, 0.1) is 6.92 Å². The van der Waals surface area contributed by atoms with Crippen LogP contribution in [0.1, 0.15) is 61.9 Å². The van der Waals surface area contributed by atoms with E-state index in [1.54, 1.807) is 7.11 Å². The third kappa shape index (κ3) is 5.49. The second kappa shape index (κ2) is 9.45. The topological polar surface area (TPSA) is 47.6 Å². The van der Waals surface area contributed by atoms with Crippen molar-refractivity contribution in [1.29, 1.82) is 0 Å². The zero-order valence-electron chi connectivity index (χ0n) is 17.3. The Hall–Kier alpha value is -2.49. The Morgan fingerprint density at radius 3 is 2.30 bits per heavy atom. The smallest absolute Gasteiger partial charge is 0.258 e. The van der Waals surface area contributed by atoms with Crippen molar-refractivity contribution in [3.05, 3.63) is 58.7 Å². The predicted molar refractivity (Wildman–Crippen MR) is 110 cm³/mol. The van der Waals surface area contributed by atoms with E-state index in [9.17, 15) is 4.79 Å². The monoisotopic (exact) mass is 369 g/mol. The van der Waals surface area contributed by atoms with Crippen molar-refractivity contribution in [1.82, 2.24) is 5.32 Å². The van der Waals surface area contributed by atoms with Crippen LogP contribution in [0.25, 0.3) is 0 Å². The third-order valence-electron chi connectivity index (χ3n) is 4.79. The van der Waals surface area contributed by atoms with Crippen LogP contribution in [0.5, 0.6) is 11.5 Å². The molecule has 2 aromatic rings. The van der Waals surface area contributed by atoms with Crippen LogP contribution in [-0.2, 0) is 11.2 Å². The maximum absolute atomic E-state index is 12.3. The molecule has 2 aromatic carbocycles. The summed E-state index contributed by atoms with van der Waals surface area (Å²) in [6.07, 6.45) is 0.984. The van der Waals surface area contributed by atoms with Crippen molar-refractivity contribution >= 4 is 5.91 Å². The number of benzene rings is 2. The van der Waals surface area contributed by atoms with Crippen LogP contribution in [0.4, 0.5) is 0 Å². The lowest BCUT2D eigenvalue weighted by molar-refractivity contribution is -0.123. The van der Waals surface area contributed by atoms with Crippen molar-refractivity contribution in [3.63, 3.8) is 0 Å². The Kier molecular flexibility index (Phi) is 7.28. The Morgan fingerprint density at radius 2 is 1.74 bits per heavy atom. The number of methoxy groups -OCH3 is 1. The molecule has 1 atom stereocenters. The Bertz CT molecular complexity index is 766. The van der Waals surface area contributed by atoms with E-state index in [-0.39, 0.29) is 18.6 Å². The maximum atomic E-state index is 12.3. The van der Waals surface area contributed by atoms with E-state index < -0.39 is 0 Å². The molecule has 4 heteroatoms. The summed E-state index contributed by atoms with van der Waals surface area (Å²) in [7, 11) is 1.69. The zero-order chi connectivity index (χ0) is 20.0. The molecule has 1 amide bonds. The maximum Gasteiger partial charge on any atom is 0.258 e. The first-order valence-electron chi connectivity index (χ1n) is 9.55. The lowest BCUT2D eigenvalue weighted by atomic mass is 9.93. The molecule has 0 saturated carbocycles. The summed E-state index contributed by atoms with van der Waals surface area (Å²) in [5, 5.41) is 3.03. The van der Waals surface area contributed by atoms with Gasteiger partial charge in [0, 0.05) is 0 Å². The third-order valence-corrected chi connectivity index (χ3v) is 4.79. The molecule has 1 unspecified atom stereocenters. The average Bonchev–Trinajstić information content (AvgIpc) is 2.66. The Balaban J connectivity index is 2.01. The molecule has 2 rings (SSSR count). The van der Waals surface area contributed by atoms with Crippen LogP contribution >= 0.6 is 0 Å². The normalized spacial score (nSPS) is 12.0. The summed E-state index contributed by atoms with van der Waals surface area (Å²) in [5.74, 6) is 1.81. The van der Waals surface area contributed by atoms with Crippen LogP contribution in [0.3, 0.4) is 0 Å². The zero-order valence-corrected chi connectivity index (χ0v) is 17.3. The van der Waals surface area contributed by atoms with Crippen molar-refractivity contribution in [2.45, 2.75) is 53.0 Å². The predicted octanol–water partition coefficient (Wildman–Crippen LogP) is 4.95. The van der Waals surface area contributed by atoms with Gasteiger partial charge in [-0.1, -0.05) is 32.9 Å². The van der Waals surface area contributed by atoms with Gasteiger partial charge in [0.2, 0.25) is 0 Å². The highest BCUT2D eigenvalue weighted by Gasteiger charge is 2.17. The molecule has 0 aromatic heterocycles. The number of carbonyl (C=O) groups is 1. The number of aryl methyl sites for hydroxylation is 2. The van der Waals surface area contributed by atoms with E-state index in [0.29, 0.717) is 11.7 Å². The first kappa shape index (κ1) is 20.8. The number of ether oxygens (including phenoxy) is 2. The largest absolute Gasteiger partial charge is 0.496 e. The summed E-state index contributed by atoms with van der Waals surface area (Å²) in [6.45, 7) is 10.4. The molecule has 0 aliphatic carbocycles. The molecule has 0 fully saturated rings. The highest BCUT2D eigenvalue weighted by molar-refractivity contribution is 5.78. The Morgan fingerprint density at radius 1 is 1.07 bits per heavy atom. The lowest BCUT2D eigenvalue weighted by Crippen LogP contribution is -2.31. The minimum Gasteiger partial charge on any atom is -0.496 e. The summed E-state index contributed by atoms with van der Waals surface area (Å²) in [5.41, 5.74) is 4.59. The van der Waals surface area contributed by atoms with Gasteiger partial charge in [0.25, 0.3) is 5.91 Å². The fourth-order valence-electron chi connectivity index (χ4n) is 3.14. The number of hydrogen-bond donors (Lipinski definition) is 1. The van der Waals surface area contributed by atoms with Gasteiger partial charge in [-0.25, -0.2) is 0 Å². The molecule has 0 aliphatic rings. The van der Waals surface area contributed by atoms with Gasteiger partial charge in [0.15, 0.2) is 6.61 Å². The van der Waals surface area contributed by atoms with E-state index in [4.69, 9.17) is 9.47 Å². The molecular formula is C23H31NO3. The van der Waals surface area contributed by atoms with Crippen molar-refractivity contribution < 1.29 is 14.3 Å². The number of nitrogens with one attached hydrogen (secondary N) is 1. The number of amides is 1. The molecule has 27 heavy (non-hydrogen) atoms. The van der Waals surface area contributed by atoms with Gasteiger partial charge in [-0.05, 0) is 72.7 Å². The highest BCUT2D eigenvalue weighted by Crippen LogP contribution is 2.32. The molecule has 4 nitrogen and oxygen atoms in total. The molecule has 146 valence electrons. The fraction of sp³-hybridized carbons (Fsp3) is 0.435. The minimum absolute atomic E-state index is 0.00204. The van der Waals surface area contributed by atoms with Gasteiger partial charge in [-0.2, -0.15) is 0 Å². The molecule has 0 saturated heterocycles. The standard InChI is InChI=1S/C23H31NO3/c1-7-18-8-10-19(11-9-18)27-14-23(25)24-17(5)21-13-20(15(2)3)22(26-6)12-16(21)4/h8-13,15,17H,7,14H2,1-6H3,(H,24,25). The SMILES string of the molecule is CCc1ccc(OCC(=O)NC(C)c2cc(C(C)C)c(OC)cc2C)cc1. The molecular weight excluding hydrogens is 338 g/mol. The number of rotatable bonds is 8. The molecule has 0 bridgehead atoms. The molecule has 0 aliphatic heterocycles. The summed E-state index contributed by atoms with van der Waals surface area (Å²) in [6, 6.07) is 11.9. The van der Waals surface area contributed by atoms with Crippen molar-refractivity contribution in [3.8, 4) is 11.5 Å². The lowest BCUT2D eigenvalue weighted by Gasteiger charge is -2.21. The van der Waals surface area contributed by atoms with Crippen molar-refractivity contribution in [2.75, 3.05) is 13.7 Å². The van der Waals surface area contributed by atoms with E-state index in [1.165, 1.54) is 5.56 Å². The first-order valence-corrected chi connectivity index (χ1v) is 9.55. The van der Waals surface area contributed by atoms with Gasteiger partial charge in [0.05, 0.1) is 13.2 Å². The van der Waals surface area contributed by atoms with Crippen LogP contribution in [0.15, 0.2) is 36.4 Å². The number of hydrogen-bond acceptors (Lipinski definition) is 3. The second-order valence-corrected chi connectivity index (χ2v) is 7.18. The summed E-state index contributed by atoms with van der Waals surface area (Å²) >= 11 is 0. The van der Waals surface area contributed by atoms with Gasteiger partial charge < -0.3 is 14.8 Å². The van der Waals surface area contributed by atoms with E-state index in [2.05, 4.69) is 32.2 Å². The molecule has 0 spiro atoms. The quantitative estimate of drug-likeness (QED) is 0.716. The molecule has 0 heterocycles. The van der Waals surface area contributed by atoms with E-state index in [1.807, 2.05) is 44.2 Å². The average molecular weight is 370 g/mol. The Labute approximate surface area is 162 Å². The van der Waals surface area contributed by atoms with Gasteiger partial charge >= 0.3 is 0 Å². The van der Waals surface area contributed by atoms with Crippen LogP contribution in [0.2, 0.25) is 0 Å². The summed E-state index contributed by atoms with van der Waals surface area (Å²) < 4.78 is 11.1. The number of carbonyl (C=O) groups excluding carboxylic acids is 1. The van der Waals surface area contributed by atoms with Gasteiger partial charge in [-0.3, -0.25) is 4.79 Å². The van der Waals surface area contributed by atoms with Gasteiger partial charge in [-0.15, -0.1) is 0 Å².